The summed E-state index contributed by atoms with van der Waals surface area (Å²) in [6, 6.07) is 11.6. The summed E-state index contributed by atoms with van der Waals surface area (Å²) in [7, 11) is 4.24. The Morgan fingerprint density at radius 3 is 1.85 bits per heavy atom. The number of methoxy groups -OCH3 is 3. The highest BCUT2D eigenvalue weighted by atomic mass is 16.5. The van der Waals surface area contributed by atoms with Gasteiger partial charge >= 0.3 is 5.97 Å². The second-order valence-corrected chi connectivity index (χ2v) is 5.42. The molecule has 0 aliphatic carbocycles. The molecular weight excluding hydrogens is 338 g/mol. The second-order valence-electron chi connectivity index (χ2n) is 5.42. The molecule has 0 saturated heterocycles. The van der Waals surface area contributed by atoms with Crippen LogP contribution in [-0.4, -0.2) is 44.4 Å². The minimum absolute atomic E-state index is 0.321. The van der Waals surface area contributed by atoms with Gasteiger partial charge in [0, 0.05) is 5.56 Å². The van der Waals surface area contributed by atoms with E-state index in [9.17, 15) is 14.7 Å². The van der Waals surface area contributed by atoms with E-state index < -0.39 is 24.0 Å². The van der Waals surface area contributed by atoms with Gasteiger partial charge < -0.3 is 24.6 Å². The van der Waals surface area contributed by atoms with Gasteiger partial charge in [-0.25, -0.2) is 4.79 Å². The smallest absolute Gasteiger partial charge is 0.331 e. The second kappa shape index (κ2) is 8.87. The van der Waals surface area contributed by atoms with Crippen molar-refractivity contribution in [2.75, 3.05) is 21.3 Å². The van der Waals surface area contributed by atoms with E-state index in [1.807, 2.05) is 0 Å². The zero-order valence-electron chi connectivity index (χ0n) is 14.8. The molecule has 2 atom stereocenters. The Morgan fingerprint density at radius 2 is 1.38 bits per heavy atom. The van der Waals surface area contributed by atoms with Crippen molar-refractivity contribution in [3.63, 3.8) is 0 Å². The van der Waals surface area contributed by atoms with E-state index in [1.165, 1.54) is 21.3 Å². The maximum atomic E-state index is 12.4. The molecule has 0 aromatic heterocycles. The van der Waals surface area contributed by atoms with Gasteiger partial charge in [-0.1, -0.05) is 12.1 Å². The number of amides is 1. The molecular formula is C19H21NO6. The Balaban J connectivity index is 2.19. The number of hydrogen-bond acceptors (Lipinski definition) is 6. The topological polar surface area (TPSA) is 94.1 Å². The number of rotatable bonds is 7. The minimum Gasteiger partial charge on any atom is -0.497 e. The molecule has 2 rings (SSSR count). The van der Waals surface area contributed by atoms with Crippen LogP contribution in [-0.2, 0) is 9.53 Å². The van der Waals surface area contributed by atoms with Crippen LogP contribution in [0.4, 0.5) is 0 Å². The number of hydrogen-bond donors (Lipinski definition) is 2. The third-order valence-electron chi connectivity index (χ3n) is 3.87. The van der Waals surface area contributed by atoms with Crippen LogP contribution in [0, 0.1) is 0 Å². The highest BCUT2D eigenvalue weighted by Gasteiger charge is 2.31. The monoisotopic (exact) mass is 359 g/mol. The van der Waals surface area contributed by atoms with Crippen molar-refractivity contribution in [3.8, 4) is 11.5 Å². The molecule has 0 spiro atoms. The van der Waals surface area contributed by atoms with Crippen molar-refractivity contribution in [2.24, 2.45) is 0 Å². The Morgan fingerprint density at radius 1 is 0.885 bits per heavy atom. The molecule has 2 aromatic rings. The molecule has 2 N–H and O–H groups in total. The predicted molar refractivity (Wildman–Crippen MR) is 94.2 cm³/mol. The standard InChI is InChI=1S/C19H21NO6/c1-24-14-8-4-12(5-9-14)17(21)16(19(23)26-3)20-18(22)13-6-10-15(25-2)11-7-13/h4-11,16-17,21H,1-3H3,(H,20,22). The van der Waals surface area contributed by atoms with Gasteiger partial charge in [-0.15, -0.1) is 0 Å². The van der Waals surface area contributed by atoms with Crippen LogP contribution < -0.4 is 14.8 Å². The summed E-state index contributed by atoms with van der Waals surface area (Å²) in [6.45, 7) is 0. The lowest BCUT2D eigenvalue weighted by molar-refractivity contribution is -0.146. The number of nitrogens with one attached hydrogen (secondary N) is 1. The first-order valence-electron chi connectivity index (χ1n) is 7.85. The van der Waals surface area contributed by atoms with Gasteiger partial charge in [-0.05, 0) is 42.0 Å². The molecule has 2 aromatic carbocycles. The van der Waals surface area contributed by atoms with Crippen LogP contribution in [0.2, 0.25) is 0 Å². The molecule has 0 aliphatic rings. The highest BCUT2D eigenvalue weighted by molar-refractivity contribution is 5.97. The van der Waals surface area contributed by atoms with Crippen molar-refractivity contribution >= 4 is 11.9 Å². The molecule has 0 aliphatic heterocycles. The Labute approximate surface area is 151 Å². The average molecular weight is 359 g/mol. The predicted octanol–water partition coefficient (Wildman–Crippen LogP) is 1.71. The van der Waals surface area contributed by atoms with E-state index in [4.69, 9.17) is 14.2 Å². The fourth-order valence-corrected chi connectivity index (χ4v) is 2.35. The van der Waals surface area contributed by atoms with Crippen molar-refractivity contribution in [1.82, 2.24) is 5.32 Å². The van der Waals surface area contributed by atoms with Crippen molar-refractivity contribution in [2.45, 2.75) is 12.1 Å². The molecule has 26 heavy (non-hydrogen) atoms. The van der Waals surface area contributed by atoms with Crippen molar-refractivity contribution in [3.05, 3.63) is 59.7 Å². The molecule has 7 heteroatoms. The Bertz CT molecular complexity index is 742. The van der Waals surface area contributed by atoms with Gasteiger partial charge in [-0.3, -0.25) is 4.79 Å². The highest BCUT2D eigenvalue weighted by Crippen LogP contribution is 2.21. The van der Waals surface area contributed by atoms with Crippen LogP contribution in [0.1, 0.15) is 22.0 Å². The van der Waals surface area contributed by atoms with E-state index in [-0.39, 0.29) is 0 Å². The lowest BCUT2D eigenvalue weighted by Gasteiger charge is -2.22. The molecule has 7 nitrogen and oxygen atoms in total. The van der Waals surface area contributed by atoms with Gasteiger partial charge in [0.05, 0.1) is 21.3 Å². The number of aliphatic hydroxyl groups excluding tert-OH is 1. The van der Waals surface area contributed by atoms with E-state index in [2.05, 4.69) is 5.32 Å². The van der Waals surface area contributed by atoms with Crippen molar-refractivity contribution < 1.29 is 28.9 Å². The molecule has 0 saturated carbocycles. The summed E-state index contributed by atoms with van der Waals surface area (Å²) in [5, 5.41) is 13.1. The fraction of sp³-hybridized carbons (Fsp3) is 0.263. The largest absolute Gasteiger partial charge is 0.497 e. The van der Waals surface area contributed by atoms with Gasteiger partial charge in [0.15, 0.2) is 6.04 Å². The van der Waals surface area contributed by atoms with Crippen LogP contribution in [0.15, 0.2) is 48.5 Å². The maximum Gasteiger partial charge on any atom is 0.331 e. The summed E-state index contributed by atoms with van der Waals surface area (Å²) >= 11 is 0. The van der Waals surface area contributed by atoms with Crippen LogP contribution >= 0.6 is 0 Å². The van der Waals surface area contributed by atoms with E-state index in [0.29, 0.717) is 22.6 Å². The SMILES string of the molecule is COC(=O)C(NC(=O)c1ccc(OC)cc1)C(O)c1ccc(OC)cc1. The van der Waals surface area contributed by atoms with Gasteiger partial charge in [0.1, 0.15) is 17.6 Å². The van der Waals surface area contributed by atoms with Gasteiger partial charge in [-0.2, -0.15) is 0 Å². The summed E-state index contributed by atoms with van der Waals surface area (Å²) < 4.78 is 14.8. The fourth-order valence-electron chi connectivity index (χ4n) is 2.35. The van der Waals surface area contributed by atoms with Crippen LogP contribution in [0.5, 0.6) is 11.5 Å². The average Bonchev–Trinajstić information content (AvgIpc) is 2.70. The number of carbonyl (C=O) groups excluding carboxylic acids is 2. The Hall–Kier alpha value is -3.06. The number of esters is 1. The summed E-state index contributed by atoms with van der Waals surface area (Å²) in [5.41, 5.74) is 0.762. The first-order valence-corrected chi connectivity index (χ1v) is 7.85. The normalized spacial score (nSPS) is 12.6. The molecule has 0 fully saturated rings. The van der Waals surface area contributed by atoms with E-state index >= 15 is 0 Å². The van der Waals surface area contributed by atoms with Gasteiger partial charge in [0.25, 0.3) is 5.91 Å². The first kappa shape index (κ1) is 19.3. The van der Waals surface area contributed by atoms with Crippen LogP contribution in [0.3, 0.4) is 0 Å². The lowest BCUT2D eigenvalue weighted by atomic mass is 10.0. The summed E-state index contributed by atoms with van der Waals surface area (Å²) in [5.74, 6) is -0.0621. The van der Waals surface area contributed by atoms with E-state index in [0.717, 1.165) is 0 Å². The number of aliphatic hydroxyl groups is 1. The molecule has 0 radical (unpaired) electrons. The summed E-state index contributed by atoms with van der Waals surface area (Å²) in [6.07, 6.45) is -1.28. The number of benzene rings is 2. The third kappa shape index (κ3) is 4.52. The molecule has 0 bridgehead atoms. The minimum atomic E-state index is -1.28. The Kier molecular flexibility index (Phi) is 6.57. The third-order valence-corrected chi connectivity index (χ3v) is 3.87. The zero-order valence-corrected chi connectivity index (χ0v) is 14.8. The number of ether oxygens (including phenoxy) is 3. The van der Waals surface area contributed by atoms with Crippen LogP contribution in [0.25, 0.3) is 0 Å². The number of carbonyl (C=O) groups is 2. The molecule has 138 valence electrons. The summed E-state index contributed by atoms with van der Waals surface area (Å²) in [4.78, 5) is 24.5. The lowest BCUT2D eigenvalue weighted by Crippen LogP contribution is -2.45. The molecule has 2 unspecified atom stereocenters. The van der Waals surface area contributed by atoms with E-state index in [1.54, 1.807) is 48.5 Å². The van der Waals surface area contributed by atoms with Gasteiger partial charge in [0.2, 0.25) is 0 Å². The first-order chi connectivity index (χ1) is 12.5. The van der Waals surface area contributed by atoms with Crippen molar-refractivity contribution in [1.29, 1.82) is 0 Å². The zero-order chi connectivity index (χ0) is 19.1. The quantitative estimate of drug-likeness (QED) is 0.731. The molecule has 0 heterocycles. The maximum absolute atomic E-state index is 12.4. The molecule has 1 amide bonds.